The second-order valence-electron chi connectivity index (χ2n) is 6.49. The van der Waals surface area contributed by atoms with Crippen LogP contribution in [-0.4, -0.2) is 36.7 Å². The van der Waals surface area contributed by atoms with Gasteiger partial charge in [0.2, 0.25) is 11.8 Å². The van der Waals surface area contributed by atoms with Crippen LogP contribution in [0, 0.1) is 5.82 Å². The molecule has 29 heavy (non-hydrogen) atoms. The van der Waals surface area contributed by atoms with Gasteiger partial charge < -0.3 is 21.3 Å². The fourth-order valence-corrected chi connectivity index (χ4v) is 2.97. The number of rotatable bonds is 6. The van der Waals surface area contributed by atoms with Crippen molar-refractivity contribution in [3.63, 3.8) is 0 Å². The standard InChI is InChI=1S/C20H19FN4O4/c21-16-8-5-13(10-15(16)19(22)28)24-17(26)11-23-20(29)12-3-6-14(7-4-12)25-9-1-2-18(25)27/h3-8,10H,1-2,9,11H2,(H2,22,28)(H,23,29)(H,24,26). The minimum Gasteiger partial charge on any atom is -0.366 e. The summed E-state index contributed by atoms with van der Waals surface area (Å²) >= 11 is 0. The van der Waals surface area contributed by atoms with E-state index in [1.165, 1.54) is 6.07 Å². The molecule has 1 aliphatic rings. The van der Waals surface area contributed by atoms with E-state index in [4.69, 9.17) is 5.73 Å². The van der Waals surface area contributed by atoms with Crippen molar-refractivity contribution in [3.05, 3.63) is 59.4 Å². The molecule has 2 aromatic carbocycles. The molecule has 150 valence electrons. The zero-order valence-corrected chi connectivity index (χ0v) is 15.4. The van der Waals surface area contributed by atoms with Crippen LogP contribution in [-0.2, 0) is 9.59 Å². The maximum absolute atomic E-state index is 13.5. The van der Waals surface area contributed by atoms with Crippen LogP contribution in [0.2, 0.25) is 0 Å². The Morgan fingerprint density at radius 3 is 2.45 bits per heavy atom. The van der Waals surface area contributed by atoms with Crippen molar-refractivity contribution in [2.24, 2.45) is 5.73 Å². The third-order valence-electron chi connectivity index (χ3n) is 4.44. The number of nitrogens with zero attached hydrogens (tertiary/aromatic N) is 1. The van der Waals surface area contributed by atoms with Gasteiger partial charge in [0, 0.05) is 29.9 Å². The van der Waals surface area contributed by atoms with E-state index in [1.807, 2.05) is 0 Å². The fourth-order valence-electron chi connectivity index (χ4n) is 2.97. The van der Waals surface area contributed by atoms with Crippen LogP contribution in [0.4, 0.5) is 15.8 Å². The summed E-state index contributed by atoms with van der Waals surface area (Å²) in [4.78, 5) is 48.8. The molecule has 0 saturated carbocycles. The number of nitrogens with two attached hydrogens (primary N) is 1. The summed E-state index contributed by atoms with van der Waals surface area (Å²) in [6.45, 7) is 0.333. The number of carbonyl (C=O) groups excluding carboxylic acids is 4. The molecule has 2 aromatic rings. The molecule has 9 heteroatoms. The molecule has 0 aromatic heterocycles. The van der Waals surface area contributed by atoms with Gasteiger partial charge in [-0.15, -0.1) is 0 Å². The van der Waals surface area contributed by atoms with Gasteiger partial charge in [0.1, 0.15) is 5.82 Å². The minimum absolute atomic E-state index is 0.0548. The summed E-state index contributed by atoms with van der Waals surface area (Å²) in [6.07, 6.45) is 1.33. The Labute approximate surface area is 165 Å². The predicted molar refractivity (Wildman–Crippen MR) is 104 cm³/mol. The molecule has 1 fully saturated rings. The molecule has 0 unspecified atom stereocenters. The van der Waals surface area contributed by atoms with E-state index in [9.17, 15) is 23.6 Å². The number of primary amides is 1. The third-order valence-corrected chi connectivity index (χ3v) is 4.44. The largest absolute Gasteiger partial charge is 0.366 e. The molecule has 4 N–H and O–H groups in total. The molecule has 3 rings (SSSR count). The lowest BCUT2D eigenvalue weighted by Gasteiger charge is -2.15. The Hall–Kier alpha value is -3.75. The summed E-state index contributed by atoms with van der Waals surface area (Å²) < 4.78 is 13.5. The molecule has 4 amide bonds. The molecule has 0 radical (unpaired) electrons. The van der Waals surface area contributed by atoms with Crippen molar-refractivity contribution in [1.82, 2.24) is 5.32 Å². The maximum Gasteiger partial charge on any atom is 0.251 e. The number of hydrogen-bond donors (Lipinski definition) is 3. The lowest BCUT2D eigenvalue weighted by Crippen LogP contribution is -2.33. The van der Waals surface area contributed by atoms with Crippen LogP contribution in [0.15, 0.2) is 42.5 Å². The lowest BCUT2D eigenvalue weighted by molar-refractivity contribution is -0.117. The number of amides is 4. The molecule has 1 aliphatic heterocycles. The summed E-state index contributed by atoms with van der Waals surface area (Å²) in [6, 6.07) is 9.93. The number of carbonyl (C=O) groups is 4. The van der Waals surface area contributed by atoms with Gasteiger partial charge >= 0.3 is 0 Å². The first-order valence-corrected chi connectivity index (χ1v) is 8.93. The first-order chi connectivity index (χ1) is 13.8. The van der Waals surface area contributed by atoms with Crippen molar-refractivity contribution in [2.75, 3.05) is 23.3 Å². The lowest BCUT2D eigenvalue weighted by atomic mass is 10.1. The molecule has 0 atom stereocenters. The van der Waals surface area contributed by atoms with Gasteiger partial charge in [-0.05, 0) is 48.9 Å². The number of anilines is 2. The zero-order chi connectivity index (χ0) is 21.0. The Morgan fingerprint density at radius 1 is 1.10 bits per heavy atom. The number of halogens is 1. The highest BCUT2D eigenvalue weighted by Gasteiger charge is 2.21. The average molecular weight is 398 g/mol. The topological polar surface area (TPSA) is 122 Å². The summed E-state index contributed by atoms with van der Waals surface area (Å²) in [5.74, 6) is -2.70. The Bertz CT molecular complexity index is 975. The smallest absolute Gasteiger partial charge is 0.251 e. The Balaban J connectivity index is 1.55. The highest BCUT2D eigenvalue weighted by Crippen LogP contribution is 2.21. The van der Waals surface area contributed by atoms with Gasteiger partial charge in [0.15, 0.2) is 0 Å². The highest BCUT2D eigenvalue weighted by atomic mass is 19.1. The van der Waals surface area contributed by atoms with Crippen molar-refractivity contribution in [3.8, 4) is 0 Å². The van der Waals surface area contributed by atoms with Gasteiger partial charge in [-0.1, -0.05) is 0 Å². The fraction of sp³-hybridized carbons (Fsp3) is 0.200. The molecule has 0 spiro atoms. The molecule has 0 bridgehead atoms. The van der Waals surface area contributed by atoms with Crippen LogP contribution in [0.3, 0.4) is 0 Å². The third kappa shape index (κ3) is 4.75. The minimum atomic E-state index is -0.953. The van der Waals surface area contributed by atoms with Gasteiger partial charge in [0.25, 0.3) is 11.8 Å². The highest BCUT2D eigenvalue weighted by molar-refractivity contribution is 6.01. The quantitative estimate of drug-likeness (QED) is 0.681. The first-order valence-electron chi connectivity index (χ1n) is 8.93. The van der Waals surface area contributed by atoms with Gasteiger partial charge in [-0.25, -0.2) is 4.39 Å². The van der Waals surface area contributed by atoms with Crippen molar-refractivity contribution < 1.29 is 23.6 Å². The summed E-state index contributed by atoms with van der Waals surface area (Å²) in [5.41, 5.74) is 5.96. The number of benzene rings is 2. The van der Waals surface area contributed by atoms with Crippen molar-refractivity contribution in [2.45, 2.75) is 12.8 Å². The zero-order valence-electron chi connectivity index (χ0n) is 15.4. The van der Waals surface area contributed by atoms with Crippen molar-refractivity contribution >= 4 is 35.0 Å². The van der Waals surface area contributed by atoms with E-state index in [1.54, 1.807) is 29.2 Å². The molecule has 0 aliphatic carbocycles. The SMILES string of the molecule is NC(=O)c1cc(NC(=O)CNC(=O)c2ccc(N3CCCC3=O)cc2)ccc1F. The van der Waals surface area contributed by atoms with E-state index >= 15 is 0 Å². The maximum atomic E-state index is 13.5. The normalized spacial score (nSPS) is 13.3. The van der Waals surface area contributed by atoms with E-state index in [0.717, 1.165) is 24.2 Å². The van der Waals surface area contributed by atoms with E-state index in [0.29, 0.717) is 18.5 Å². The van der Waals surface area contributed by atoms with Crippen LogP contribution >= 0.6 is 0 Å². The summed E-state index contributed by atoms with van der Waals surface area (Å²) in [7, 11) is 0. The van der Waals surface area contributed by atoms with Gasteiger partial charge in [-0.2, -0.15) is 0 Å². The molecule has 8 nitrogen and oxygen atoms in total. The monoisotopic (exact) mass is 398 g/mol. The second kappa shape index (κ2) is 8.51. The van der Waals surface area contributed by atoms with Gasteiger partial charge in [-0.3, -0.25) is 19.2 Å². The van der Waals surface area contributed by atoms with Crippen LogP contribution in [0.25, 0.3) is 0 Å². The Kier molecular flexibility index (Phi) is 5.87. The van der Waals surface area contributed by atoms with Crippen LogP contribution in [0.1, 0.15) is 33.6 Å². The molecule has 1 heterocycles. The predicted octanol–water partition coefficient (Wildman–Crippen LogP) is 1.42. The van der Waals surface area contributed by atoms with E-state index < -0.39 is 23.5 Å². The first kappa shape index (κ1) is 20.0. The molecular weight excluding hydrogens is 379 g/mol. The molecular formula is C20H19FN4O4. The van der Waals surface area contributed by atoms with Gasteiger partial charge in [0.05, 0.1) is 12.1 Å². The molecule has 1 saturated heterocycles. The van der Waals surface area contributed by atoms with E-state index in [2.05, 4.69) is 10.6 Å². The van der Waals surface area contributed by atoms with E-state index in [-0.39, 0.29) is 23.7 Å². The van der Waals surface area contributed by atoms with Crippen LogP contribution < -0.4 is 21.3 Å². The summed E-state index contributed by atoms with van der Waals surface area (Å²) in [5, 5.41) is 4.92. The number of hydrogen-bond acceptors (Lipinski definition) is 4. The second-order valence-corrected chi connectivity index (χ2v) is 6.49. The average Bonchev–Trinajstić information content (AvgIpc) is 3.13. The Morgan fingerprint density at radius 2 is 1.83 bits per heavy atom. The number of nitrogens with one attached hydrogen (secondary N) is 2. The van der Waals surface area contributed by atoms with Crippen molar-refractivity contribution in [1.29, 1.82) is 0 Å². The van der Waals surface area contributed by atoms with Crippen LogP contribution in [0.5, 0.6) is 0 Å².